The molecule has 0 heterocycles. The average molecular weight is 322 g/mol. The summed E-state index contributed by atoms with van der Waals surface area (Å²) in [5.74, 6) is 0.698. The second kappa shape index (κ2) is 7.77. The number of benzene rings is 2. The van der Waals surface area contributed by atoms with Crippen molar-refractivity contribution in [1.29, 1.82) is 0 Å². The van der Waals surface area contributed by atoms with Crippen LogP contribution in [0, 0.1) is 0 Å². The van der Waals surface area contributed by atoms with Gasteiger partial charge in [-0.25, -0.2) is 4.79 Å². The summed E-state index contributed by atoms with van der Waals surface area (Å²) in [6.45, 7) is 1.83. The van der Waals surface area contributed by atoms with Crippen molar-refractivity contribution in [2.75, 3.05) is 5.32 Å². The zero-order valence-corrected chi connectivity index (χ0v) is 13.9. The lowest BCUT2D eigenvalue weighted by Gasteiger charge is -2.10. The van der Waals surface area contributed by atoms with E-state index in [9.17, 15) is 4.79 Å². The molecule has 4 nitrogen and oxygen atoms in total. The van der Waals surface area contributed by atoms with Crippen molar-refractivity contribution < 1.29 is 9.63 Å². The summed E-state index contributed by atoms with van der Waals surface area (Å²) in [6.07, 6.45) is 4.64. The molecule has 124 valence electrons. The Balaban J connectivity index is 1.57. The molecule has 0 aromatic heterocycles. The highest BCUT2D eigenvalue weighted by molar-refractivity contribution is 5.99. The van der Waals surface area contributed by atoms with Gasteiger partial charge < -0.3 is 0 Å². The molecule has 4 heteroatoms. The smallest absolute Gasteiger partial charge is 0.298 e. The normalized spacial score (nSPS) is 15.3. The van der Waals surface area contributed by atoms with Gasteiger partial charge in [0.1, 0.15) is 0 Å². The minimum Gasteiger partial charge on any atom is -0.298 e. The monoisotopic (exact) mass is 322 g/mol. The number of hydrogen-bond donors (Lipinski definition) is 1. The number of nitrogens with one attached hydrogen (secondary N) is 1. The lowest BCUT2D eigenvalue weighted by atomic mass is 9.96. The minimum atomic E-state index is -0.594. The first-order valence-corrected chi connectivity index (χ1v) is 8.40. The molecule has 0 bridgehead atoms. The van der Waals surface area contributed by atoms with E-state index in [4.69, 9.17) is 4.84 Å². The van der Waals surface area contributed by atoms with E-state index in [2.05, 4.69) is 22.6 Å². The quantitative estimate of drug-likeness (QED) is 0.471. The zero-order valence-electron chi connectivity index (χ0n) is 13.9. The maximum Gasteiger partial charge on any atom is 0.437 e. The fraction of sp³-hybridized carbons (Fsp3) is 0.300. The van der Waals surface area contributed by atoms with Gasteiger partial charge in [0.25, 0.3) is 0 Å². The largest absolute Gasteiger partial charge is 0.437 e. The number of amides is 1. The molecule has 0 spiro atoms. The average Bonchev–Trinajstić information content (AvgIpc) is 3.15. The van der Waals surface area contributed by atoms with Crippen molar-refractivity contribution in [1.82, 2.24) is 0 Å². The van der Waals surface area contributed by atoms with Gasteiger partial charge >= 0.3 is 6.09 Å². The van der Waals surface area contributed by atoms with Crippen LogP contribution in [-0.4, -0.2) is 11.8 Å². The SMILES string of the molecule is CC(=NOC(=O)Nc1ccccc1)c1ccc(C2CCCC2)cc1. The molecular formula is C20H22N2O2. The van der Waals surface area contributed by atoms with Crippen molar-refractivity contribution in [3.63, 3.8) is 0 Å². The highest BCUT2D eigenvalue weighted by Crippen LogP contribution is 2.33. The first-order chi connectivity index (χ1) is 11.7. The summed E-state index contributed by atoms with van der Waals surface area (Å²) in [6, 6.07) is 17.6. The van der Waals surface area contributed by atoms with Gasteiger partial charge in [-0.3, -0.25) is 10.2 Å². The van der Waals surface area contributed by atoms with Crippen molar-refractivity contribution >= 4 is 17.5 Å². The van der Waals surface area contributed by atoms with E-state index in [1.807, 2.05) is 37.3 Å². The molecule has 2 aromatic rings. The van der Waals surface area contributed by atoms with Crippen LogP contribution in [0.4, 0.5) is 10.5 Å². The van der Waals surface area contributed by atoms with Gasteiger partial charge in [-0.1, -0.05) is 60.5 Å². The standard InChI is InChI=1S/C20H22N2O2/c1-15(22-24-20(23)21-19-9-3-2-4-10-19)16-11-13-18(14-12-16)17-7-5-6-8-17/h2-4,9-14,17H,5-8H2,1H3,(H,21,23). The van der Waals surface area contributed by atoms with Crippen LogP contribution < -0.4 is 5.32 Å². The number of rotatable bonds is 4. The molecule has 0 atom stereocenters. The third kappa shape index (κ3) is 4.22. The maximum absolute atomic E-state index is 11.7. The molecule has 1 aliphatic carbocycles. The minimum absolute atomic E-state index is 0.594. The van der Waals surface area contributed by atoms with Crippen molar-refractivity contribution in [2.24, 2.45) is 5.16 Å². The fourth-order valence-corrected chi connectivity index (χ4v) is 3.08. The lowest BCUT2D eigenvalue weighted by molar-refractivity contribution is 0.166. The summed E-state index contributed by atoms with van der Waals surface area (Å²) < 4.78 is 0. The molecule has 1 saturated carbocycles. The van der Waals surface area contributed by atoms with Gasteiger partial charge in [-0.15, -0.1) is 0 Å². The molecule has 3 rings (SSSR count). The number of oxime groups is 1. The molecule has 0 unspecified atom stereocenters. The Morgan fingerprint density at radius 2 is 1.71 bits per heavy atom. The third-order valence-electron chi connectivity index (χ3n) is 4.44. The Labute approximate surface area is 142 Å². The van der Waals surface area contributed by atoms with Crippen LogP contribution in [0.3, 0.4) is 0 Å². The van der Waals surface area contributed by atoms with Crippen LogP contribution >= 0.6 is 0 Å². The van der Waals surface area contributed by atoms with E-state index < -0.39 is 6.09 Å². The van der Waals surface area contributed by atoms with Crippen LogP contribution in [-0.2, 0) is 4.84 Å². The summed E-state index contributed by atoms with van der Waals surface area (Å²) in [7, 11) is 0. The van der Waals surface area contributed by atoms with Gasteiger partial charge in [-0.05, 0) is 48.9 Å². The van der Waals surface area contributed by atoms with Crippen LogP contribution in [0.15, 0.2) is 59.8 Å². The van der Waals surface area contributed by atoms with Gasteiger partial charge in [0, 0.05) is 5.69 Å². The molecular weight excluding hydrogens is 300 g/mol. The summed E-state index contributed by atoms with van der Waals surface area (Å²) in [5, 5.41) is 6.55. The van der Waals surface area contributed by atoms with Gasteiger partial charge in [0.05, 0.1) is 5.71 Å². The molecule has 2 aromatic carbocycles. The highest BCUT2D eigenvalue weighted by Gasteiger charge is 2.16. The van der Waals surface area contributed by atoms with E-state index in [-0.39, 0.29) is 0 Å². The predicted octanol–water partition coefficient (Wildman–Crippen LogP) is 5.32. The second-order valence-electron chi connectivity index (χ2n) is 6.15. The Morgan fingerprint density at radius 3 is 2.38 bits per heavy atom. The van der Waals surface area contributed by atoms with Crippen LogP contribution in [0.5, 0.6) is 0 Å². The summed E-state index contributed by atoms with van der Waals surface area (Å²) in [5.41, 5.74) is 3.71. The van der Waals surface area contributed by atoms with Gasteiger partial charge in [-0.2, -0.15) is 0 Å². The van der Waals surface area contributed by atoms with Gasteiger partial charge in [0.2, 0.25) is 0 Å². The number of carbonyl (C=O) groups excluding carboxylic acids is 1. The molecule has 0 aliphatic heterocycles. The Hall–Kier alpha value is -2.62. The fourth-order valence-electron chi connectivity index (χ4n) is 3.08. The van der Waals surface area contributed by atoms with E-state index in [1.165, 1.54) is 31.2 Å². The molecule has 24 heavy (non-hydrogen) atoms. The molecule has 1 amide bonds. The van der Waals surface area contributed by atoms with Gasteiger partial charge in [0.15, 0.2) is 0 Å². The molecule has 1 N–H and O–H groups in total. The topological polar surface area (TPSA) is 50.7 Å². The Bertz CT molecular complexity index is 702. The van der Waals surface area contributed by atoms with Crippen LogP contribution in [0.1, 0.15) is 49.7 Å². The molecule has 1 aliphatic rings. The first kappa shape index (κ1) is 16.2. The molecule has 0 saturated heterocycles. The maximum atomic E-state index is 11.7. The second-order valence-corrected chi connectivity index (χ2v) is 6.15. The van der Waals surface area contributed by atoms with Crippen molar-refractivity contribution in [2.45, 2.75) is 38.5 Å². The molecule has 0 radical (unpaired) electrons. The number of anilines is 1. The Morgan fingerprint density at radius 1 is 1.04 bits per heavy atom. The lowest BCUT2D eigenvalue weighted by Crippen LogP contribution is -2.11. The molecule has 1 fully saturated rings. The van der Waals surface area contributed by atoms with E-state index in [0.717, 1.165) is 5.56 Å². The predicted molar refractivity (Wildman–Crippen MR) is 96.4 cm³/mol. The van der Waals surface area contributed by atoms with Crippen LogP contribution in [0.25, 0.3) is 0 Å². The van der Waals surface area contributed by atoms with E-state index >= 15 is 0 Å². The van der Waals surface area contributed by atoms with Crippen molar-refractivity contribution in [3.05, 3.63) is 65.7 Å². The number of nitrogens with zero attached hydrogens (tertiary/aromatic N) is 1. The third-order valence-corrected chi connectivity index (χ3v) is 4.44. The van der Waals surface area contributed by atoms with Crippen molar-refractivity contribution in [3.8, 4) is 0 Å². The summed E-state index contributed by atoms with van der Waals surface area (Å²) >= 11 is 0. The van der Waals surface area contributed by atoms with E-state index in [0.29, 0.717) is 17.3 Å². The summed E-state index contributed by atoms with van der Waals surface area (Å²) in [4.78, 5) is 16.7. The number of para-hydroxylation sites is 1. The zero-order chi connectivity index (χ0) is 16.8. The van der Waals surface area contributed by atoms with E-state index in [1.54, 1.807) is 12.1 Å². The van der Waals surface area contributed by atoms with Crippen LogP contribution in [0.2, 0.25) is 0 Å². The highest BCUT2D eigenvalue weighted by atomic mass is 16.7. The first-order valence-electron chi connectivity index (χ1n) is 8.40. The Kier molecular flexibility index (Phi) is 5.26. The number of carbonyl (C=O) groups is 1. The number of hydrogen-bond acceptors (Lipinski definition) is 3.